The summed E-state index contributed by atoms with van der Waals surface area (Å²) in [6.45, 7) is 13.0. The van der Waals surface area contributed by atoms with E-state index in [0.29, 0.717) is 0 Å². The molecule has 8 heteroatoms. The lowest BCUT2D eigenvalue weighted by Gasteiger charge is -2.34. The first-order chi connectivity index (χ1) is 21.4. The highest BCUT2D eigenvalue weighted by Gasteiger charge is 2.19. The summed E-state index contributed by atoms with van der Waals surface area (Å²) in [5, 5.41) is 20.3. The quantitative estimate of drug-likeness (QED) is 0.218. The minimum atomic E-state index is -1.82. The number of benzene rings is 4. The fourth-order valence-electron chi connectivity index (χ4n) is 6.70. The molecular formula is C36H38N4O4. The number of para-hydroxylation sites is 2. The summed E-state index contributed by atoms with van der Waals surface area (Å²) < 4.78 is 4.87. The van der Waals surface area contributed by atoms with Gasteiger partial charge in [-0.2, -0.15) is 0 Å². The first-order valence-electron chi connectivity index (χ1n) is 15.3. The number of aryl methyl sites for hydroxylation is 2. The Kier molecular flexibility index (Phi) is 8.37. The Morgan fingerprint density at radius 2 is 0.909 bits per heavy atom. The number of fused-ring (bicyclic) bond motifs is 6. The van der Waals surface area contributed by atoms with Crippen LogP contribution in [-0.4, -0.2) is 67.3 Å². The minimum absolute atomic E-state index is 0.999. The molecule has 6 aromatic rings. The van der Waals surface area contributed by atoms with Crippen LogP contribution >= 0.6 is 0 Å². The van der Waals surface area contributed by atoms with Crippen molar-refractivity contribution in [2.45, 2.75) is 40.0 Å². The molecule has 0 unspecified atom stereocenters. The molecule has 1 saturated heterocycles. The molecule has 3 heterocycles. The van der Waals surface area contributed by atoms with Gasteiger partial charge in [0.25, 0.3) is 0 Å². The van der Waals surface area contributed by atoms with Crippen LogP contribution in [-0.2, 0) is 35.8 Å². The third-order valence-electron chi connectivity index (χ3n) is 8.77. The number of aromatic nitrogens is 2. The zero-order valence-electron chi connectivity index (χ0n) is 25.2. The van der Waals surface area contributed by atoms with Crippen molar-refractivity contribution in [2.75, 3.05) is 26.2 Å². The monoisotopic (exact) mass is 590 g/mol. The van der Waals surface area contributed by atoms with E-state index in [-0.39, 0.29) is 0 Å². The maximum atomic E-state index is 9.10. The predicted octanol–water partition coefficient (Wildman–Crippen LogP) is 6.42. The zero-order chi connectivity index (χ0) is 30.8. The molecule has 0 radical (unpaired) electrons. The Morgan fingerprint density at radius 3 is 1.27 bits per heavy atom. The number of carboxylic acid groups (broad SMARTS) is 2. The smallest absolute Gasteiger partial charge is 0.414 e. The highest BCUT2D eigenvalue weighted by Crippen LogP contribution is 2.31. The van der Waals surface area contributed by atoms with Gasteiger partial charge in [-0.1, -0.05) is 48.5 Å². The van der Waals surface area contributed by atoms with E-state index < -0.39 is 11.9 Å². The SMILES string of the molecule is CCn1c2ccccc2c2cc(CN3CCN(Cc4ccc5c(c4)c4ccccc4n5CC)CC3)ccc21.O=C(O)C(=O)O. The third kappa shape index (κ3) is 5.66. The van der Waals surface area contributed by atoms with Crippen LogP contribution in [0.4, 0.5) is 0 Å². The summed E-state index contributed by atoms with van der Waals surface area (Å²) in [6, 6.07) is 31.8. The Bertz CT molecular complexity index is 1840. The average Bonchev–Trinajstić information content (AvgIpc) is 3.53. The van der Waals surface area contributed by atoms with Crippen LogP contribution in [0.1, 0.15) is 25.0 Å². The van der Waals surface area contributed by atoms with Gasteiger partial charge in [0.15, 0.2) is 0 Å². The molecule has 1 fully saturated rings. The van der Waals surface area contributed by atoms with Gasteiger partial charge in [-0.05, 0) is 61.4 Å². The molecule has 1 aliphatic rings. The van der Waals surface area contributed by atoms with Crippen molar-refractivity contribution in [3.05, 3.63) is 96.1 Å². The number of carbonyl (C=O) groups is 2. The molecule has 0 atom stereocenters. The standard InChI is InChI=1S/C34H36N4.C2H2O4/c1-3-37-31-11-7-5-9-27(31)29-21-25(13-15-33(29)37)23-35-17-19-36(20-18-35)24-26-14-16-34-30(22-26)28-10-6-8-12-32(28)38(34)4-2;3-1(4)2(5)6/h5-16,21-22H,3-4,17-20,23-24H2,1-2H3;(H,3,4)(H,5,6). The van der Waals surface area contributed by atoms with E-state index in [2.05, 4.69) is 118 Å². The number of rotatable bonds is 6. The van der Waals surface area contributed by atoms with E-state index in [1.807, 2.05) is 0 Å². The molecule has 4 aromatic carbocycles. The second-order valence-corrected chi connectivity index (χ2v) is 11.4. The summed E-state index contributed by atoms with van der Waals surface area (Å²) in [5.41, 5.74) is 8.22. The Morgan fingerprint density at radius 1 is 0.545 bits per heavy atom. The largest absolute Gasteiger partial charge is 0.473 e. The summed E-state index contributed by atoms with van der Waals surface area (Å²) in [4.78, 5) is 23.4. The highest BCUT2D eigenvalue weighted by atomic mass is 16.4. The first-order valence-corrected chi connectivity index (χ1v) is 15.3. The number of hydrogen-bond acceptors (Lipinski definition) is 4. The van der Waals surface area contributed by atoms with Crippen molar-refractivity contribution in [3.63, 3.8) is 0 Å². The van der Waals surface area contributed by atoms with Gasteiger partial charge in [0.05, 0.1) is 0 Å². The molecule has 0 aliphatic carbocycles. The molecule has 0 bridgehead atoms. The van der Waals surface area contributed by atoms with Gasteiger partial charge in [-0.15, -0.1) is 0 Å². The third-order valence-corrected chi connectivity index (χ3v) is 8.77. The summed E-state index contributed by atoms with van der Waals surface area (Å²) >= 11 is 0. The second-order valence-electron chi connectivity index (χ2n) is 11.4. The van der Waals surface area contributed by atoms with E-state index in [1.165, 1.54) is 54.7 Å². The molecule has 7 rings (SSSR count). The van der Waals surface area contributed by atoms with Crippen molar-refractivity contribution in [1.82, 2.24) is 18.9 Å². The van der Waals surface area contributed by atoms with E-state index in [1.54, 1.807) is 0 Å². The van der Waals surface area contributed by atoms with Crippen molar-refractivity contribution in [1.29, 1.82) is 0 Å². The van der Waals surface area contributed by atoms with Crippen LogP contribution in [0.2, 0.25) is 0 Å². The molecule has 0 saturated carbocycles. The van der Waals surface area contributed by atoms with E-state index in [0.717, 1.165) is 52.4 Å². The number of nitrogens with zero attached hydrogens (tertiary/aromatic N) is 4. The van der Waals surface area contributed by atoms with Gasteiger partial charge in [-0.3, -0.25) is 9.80 Å². The maximum absolute atomic E-state index is 9.10. The fraction of sp³-hybridized carbons (Fsp3) is 0.278. The number of piperazine rings is 1. The second kappa shape index (κ2) is 12.5. The highest BCUT2D eigenvalue weighted by molar-refractivity contribution is 6.27. The maximum Gasteiger partial charge on any atom is 0.414 e. The van der Waals surface area contributed by atoms with Gasteiger partial charge in [0, 0.05) is 96.0 Å². The Labute approximate surface area is 256 Å². The molecule has 2 N–H and O–H groups in total. The van der Waals surface area contributed by atoms with E-state index >= 15 is 0 Å². The van der Waals surface area contributed by atoms with Crippen molar-refractivity contribution >= 4 is 55.6 Å². The van der Waals surface area contributed by atoms with Crippen LogP contribution < -0.4 is 0 Å². The first kappa shape index (κ1) is 29.4. The molecule has 44 heavy (non-hydrogen) atoms. The average molecular weight is 591 g/mol. The van der Waals surface area contributed by atoms with Crippen molar-refractivity contribution in [2.24, 2.45) is 0 Å². The van der Waals surface area contributed by atoms with Crippen LogP contribution in [0.25, 0.3) is 43.6 Å². The lowest BCUT2D eigenvalue weighted by Crippen LogP contribution is -2.45. The van der Waals surface area contributed by atoms with Gasteiger partial charge < -0.3 is 19.3 Å². The lowest BCUT2D eigenvalue weighted by molar-refractivity contribution is -0.159. The molecule has 226 valence electrons. The Hall–Kier alpha value is -4.66. The van der Waals surface area contributed by atoms with Crippen molar-refractivity contribution < 1.29 is 19.8 Å². The van der Waals surface area contributed by atoms with E-state index in [4.69, 9.17) is 19.8 Å². The van der Waals surface area contributed by atoms with Crippen molar-refractivity contribution in [3.8, 4) is 0 Å². The van der Waals surface area contributed by atoms with Crippen LogP contribution in [0, 0.1) is 0 Å². The van der Waals surface area contributed by atoms with Crippen LogP contribution in [0.15, 0.2) is 84.9 Å². The van der Waals surface area contributed by atoms with E-state index in [9.17, 15) is 0 Å². The minimum Gasteiger partial charge on any atom is -0.473 e. The van der Waals surface area contributed by atoms with Gasteiger partial charge in [-0.25, -0.2) is 9.59 Å². The predicted molar refractivity (Wildman–Crippen MR) is 176 cm³/mol. The molecule has 1 aliphatic heterocycles. The topological polar surface area (TPSA) is 90.9 Å². The molecule has 8 nitrogen and oxygen atoms in total. The van der Waals surface area contributed by atoms with Gasteiger partial charge in [0.1, 0.15) is 0 Å². The lowest BCUT2D eigenvalue weighted by atomic mass is 10.1. The van der Waals surface area contributed by atoms with Crippen LogP contribution in [0.3, 0.4) is 0 Å². The molecule has 0 spiro atoms. The number of hydrogen-bond donors (Lipinski definition) is 2. The summed E-state index contributed by atoms with van der Waals surface area (Å²) in [5.74, 6) is -3.65. The number of carboxylic acids is 2. The fourth-order valence-corrected chi connectivity index (χ4v) is 6.70. The van der Waals surface area contributed by atoms with Crippen LogP contribution in [0.5, 0.6) is 0 Å². The molecule has 0 amide bonds. The van der Waals surface area contributed by atoms with Gasteiger partial charge >= 0.3 is 11.9 Å². The van der Waals surface area contributed by atoms with Gasteiger partial charge in [0.2, 0.25) is 0 Å². The normalized spacial score (nSPS) is 14.3. The summed E-state index contributed by atoms with van der Waals surface area (Å²) in [6.07, 6.45) is 0. The zero-order valence-corrected chi connectivity index (χ0v) is 25.2. The molecule has 2 aromatic heterocycles. The number of aliphatic carboxylic acids is 2. The summed E-state index contributed by atoms with van der Waals surface area (Å²) in [7, 11) is 0. The Balaban J connectivity index is 0.000000523. The molecular weight excluding hydrogens is 552 g/mol.